The van der Waals surface area contributed by atoms with Crippen LogP contribution in [0.1, 0.15) is 58.3 Å². The SMILES string of the molecule is CC1(C(=O)N2CCC(NCC3CC3)CC2)CCCC1.Cl. The second-order valence-electron chi connectivity index (χ2n) is 7.19. The van der Waals surface area contributed by atoms with Crippen LogP contribution in [0.15, 0.2) is 0 Å². The normalized spacial score (nSPS) is 26.4. The topological polar surface area (TPSA) is 32.3 Å². The van der Waals surface area contributed by atoms with Gasteiger partial charge < -0.3 is 10.2 Å². The Morgan fingerprint density at radius 3 is 2.30 bits per heavy atom. The molecule has 0 bridgehead atoms. The first kappa shape index (κ1) is 16.1. The van der Waals surface area contributed by atoms with Gasteiger partial charge in [0.25, 0.3) is 0 Å². The summed E-state index contributed by atoms with van der Waals surface area (Å²) < 4.78 is 0. The summed E-state index contributed by atoms with van der Waals surface area (Å²) in [6.07, 6.45) is 9.81. The second-order valence-corrected chi connectivity index (χ2v) is 7.19. The van der Waals surface area contributed by atoms with Crippen LogP contribution in [-0.4, -0.2) is 36.5 Å². The number of nitrogens with zero attached hydrogens (tertiary/aromatic N) is 1. The molecule has 2 saturated carbocycles. The van der Waals surface area contributed by atoms with Crippen LogP contribution < -0.4 is 5.32 Å². The highest BCUT2D eigenvalue weighted by molar-refractivity contribution is 5.85. The molecule has 1 saturated heterocycles. The minimum atomic E-state index is -0.0335. The molecule has 0 aromatic heterocycles. The minimum absolute atomic E-state index is 0. The molecule has 3 fully saturated rings. The third-order valence-electron chi connectivity index (χ3n) is 5.40. The van der Waals surface area contributed by atoms with Crippen molar-refractivity contribution in [1.29, 1.82) is 0 Å². The van der Waals surface area contributed by atoms with E-state index in [1.54, 1.807) is 0 Å². The van der Waals surface area contributed by atoms with E-state index >= 15 is 0 Å². The van der Waals surface area contributed by atoms with E-state index in [4.69, 9.17) is 0 Å². The molecule has 0 aromatic rings. The van der Waals surface area contributed by atoms with Crippen LogP contribution in [0.2, 0.25) is 0 Å². The summed E-state index contributed by atoms with van der Waals surface area (Å²) in [5.41, 5.74) is -0.0335. The van der Waals surface area contributed by atoms with Crippen molar-refractivity contribution < 1.29 is 4.79 Å². The molecule has 0 spiro atoms. The molecule has 1 amide bonds. The van der Waals surface area contributed by atoms with Crippen molar-refractivity contribution in [3.63, 3.8) is 0 Å². The molecule has 0 aromatic carbocycles. The number of piperidine rings is 1. The number of likely N-dealkylation sites (tertiary alicyclic amines) is 1. The minimum Gasteiger partial charge on any atom is -0.342 e. The molecule has 4 heteroatoms. The van der Waals surface area contributed by atoms with Gasteiger partial charge in [0, 0.05) is 24.5 Å². The van der Waals surface area contributed by atoms with Crippen LogP contribution in [0.4, 0.5) is 0 Å². The Morgan fingerprint density at radius 1 is 1.15 bits per heavy atom. The zero-order valence-corrected chi connectivity index (χ0v) is 13.5. The van der Waals surface area contributed by atoms with Crippen LogP contribution in [0.3, 0.4) is 0 Å². The molecule has 0 radical (unpaired) electrons. The van der Waals surface area contributed by atoms with Crippen LogP contribution in [0, 0.1) is 11.3 Å². The van der Waals surface area contributed by atoms with Gasteiger partial charge in [-0.15, -0.1) is 12.4 Å². The van der Waals surface area contributed by atoms with E-state index in [2.05, 4.69) is 17.1 Å². The molecule has 3 rings (SSSR count). The van der Waals surface area contributed by atoms with Gasteiger partial charge >= 0.3 is 0 Å². The monoisotopic (exact) mass is 300 g/mol. The van der Waals surface area contributed by atoms with Crippen molar-refractivity contribution in [1.82, 2.24) is 10.2 Å². The molecule has 0 atom stereocenters. The highest BCUT2D eigenvalue weighted by Crippen LogP contribution is 2.39. The fourth-order valence-corrected chi connectivity index (χ4v) is 3.69. The van der Waals surface area contributed by atoms with E-state index in [1.165, 1.54) is 32.2 Å². The van der Waals surface area contributed by atoms with Gasteiger partial charge in [0.1, 0.15) is 0 Å². The van der Waals surface area contributed by atoms with Crippen LogP contribution in [-0.2, 0) is 4.79 Å². The molecule has 0 unspecified atom stereocenters. The first-order valence-corrected chi connectivity index (χ1v) is 8.20. The fraction of sp³-hybridized carbons (Fsp3) is 0.938. The molecule has 116 valence electrons. The molecule has 1 N–H and O–H groups in total. The molecule has 20 heavy (non-hydrogen) atoms. The summed E-state index contributed by atoms with van der Waals surface area (Å²) in [5.74, 6) is 1.39. The van der Waals surface area contributed by atoms with Gasteiger partial charge in [0.15, 0.2) is 0 Å². The Balaban J connectivity index is 0.00000147. The second kappa shape index (κ2) is 6.65. The summed E-state index contributed by atoms with van der Waals surface area (Å²) in [5, 5.41) is 3.68. The Morgan fingerprint density at radius 2 is 1.75 bits per heavy atom. The summed E-state index contributed by atoms with van der Waals surface area (Å²) in [6, 6.07) is 0.654. The number of carbonyl (C=O) groups is 1. The molecule has 3 aliphatic rings. The standard InChI is InChI=1S/C16H28N2O.ClH/c1-16(8-2-3-9-16)15(19)18-10-6-14(7-11-18)17-12-13-4-5-13;/h13-14,17H,2-12H2,1H3;1H. The van der Waals surface area contributed by atoms with Gasteiger partial charge in [-0.25, -0.2) is 0 Å². The van der Waals surface area contributed by atoms with E-state index in [0.717, 1.165) is 44.7 Å². The number of carbonyl (C=O) groups excluding carboxylic acids is 1. The average molecular weight is 301 g/mol. The van der Waals surface area contributed by atoms with E-state index in [0.29, 0.717) is 11.9 Å². The zero-order valence-electron chi connectivity index (χ0n) is 12.7. The maximum absolute atomic E-state index is 12.6. The van der Waals surface area contributed by atoms with Crippen molar-refractivity contribution in [3.8, 4) is 0 Å². The van der Waals surface area contributed by atoms with Crippen molar-refractivity contribution in [2.45, 2.75) is 64.3 Å². The number of rotatable bonds is 4. The number of nitrogens with one attached hydrogen (secondary N) is 1. The quantitative estimate of drug-likeness (QED) is 0.866. The Labute approximate surface area is 129 Å². The molecular formula is C16H29ClN2O. The van der Waals surface area contributed by atoms with E-state index in [9.17, 15) is 4.79 Å². The summed E-state index contributed by atoms with van der Waals surface area (Å²) in [4.78, 5) is 14.7. The maximum Gasteiger partial charge on any atom is 0.228 e. The van der Waals surface area contributed by atoms with Gasteiger partial charge in [-0.3, -0.25) is 4.79 Å². The Bertz CT molecular complexity index is 329. The number of hydrogen-bond acceptors (Lipinski definition) is 2. The fourth-order valence-electron chi connectivity index (χ4n) is 3.69. The molecule has 1 heterocycles. The smallest absolute Gasteiger partial charge is 0.228 e. The Hall–Kier alpha value is -0.280. The van der Waals surface area contributed by atoms with Crippen LogP contribution >= 0.6 is 12.4 Å². The lowest BCUT2D eigenvalue weighted by molar-refractivity contribution is -0.142. The predicted molar refractivity (Wildman–Crippen MR) is 84.2 cm³/mol. The van der Waals surface area contributed by atoms with Crippen LogP contribution in [0.5, 0.6) is 0 Å². The average Bonchev–Trinajstić information content (AvgIpc) is 3.17. The number of amides is 1. The van der Waals surface area contributed by atoms with Crippen molar-refractivity contribution in [2.24, 2.45) is 11.3 Å². The van der Waals surface area contributed by atoms with Gasteiger partial charge in [0.05, 0.1) is 0 Å². The lowest BCUT2D eigenvalue weighted by Gasteiger charge is -2.37. The molecule has 2 aliphatic carbocycles. The Kier molecular flexibility index (Phi) is 5.36. The van der Waals surface area contributed by atoms with Gasteiger partial charge in [0.2, 0.25) is 5.91 Å². The van der Waals surface area contributed by atoms with Gasteiger partial charge in [-0.1, -0.05) is 19.8 Å². The molecule has 1 aliphatic heterocycles. The summed E-state index contributed by atoms with van der Waals surface area (Å²) >= 11 is 0. The highest BCUT2D eigenvalue weighted by atomic mass is 35.5. The summed E-state index contributed by atoms with van der Waals surface area (Å²) in [6.45, 7) is 5.32. The van der Waals surface area contributed by atoms with Gasteiger partial charge in [-0.05, 0) is 51.0 Å². The third-order valence-corrected chi connectivity index (χ3v) is 5.40. The van der Waals surface area contributed by atoms with E-state index in [-0.39, 0.29) is 17.8 Å². The molecule has 3 nitrogen and oxygen atoms in total. The zero-order chi connectivity index (χ0) is 13.3. The maximum atomic E-state index is 12.6. The van der Waals surface area contributed by atoms with Crippen molar-refractivity contribution in [3.05, 3.63) is 0 Å². The number of halogens is 1. The lowest BCUT2D eigenvalue weighted by Crippen LogP contribution is -2.49. The van der Waals surface area contributed by atoms with E-state index in [1.807, 2.05) is 0 Å². The molecular weight excluding hydrogens is 272 g/mol. The van der Waals surface area contributed by atoms with Crippen molar-refractivity contribution >= 4 is 18.3 Å². The van der Waals surface area contributed by atoms with E-state index < -0.39 is 0 Å². The lowest BCUT2D eigenvalue weighted by atomic mass is 9.86. The van der Waals surface area contributed by atoms with Gasteiger partial charge in [-0.2, -0.15) is 0 Å². The van der Waals surface area contributed by atoms with Crippen LogP contribution in [0.25, 0.3) is 0 Å². The largest absolute Gasteiger partial charge is 0.342 e. The third kappa shape index (κ3) is 3.67. The summed E-state index contributed by atoms with van der Waals surface area (Å²) in [7, 11) is 0. The first-order valence-electron chi connectivity index (χ1n) is 8.20. The number of hydrogen-bond donors (Lipinski definition) is 1. The highest BCUT2D eigenvalue weighted by Gasteiger charge is 2.39. The predicted octanol–water partition coefficient (Wildman–Crippen LogP) is 2.98. The van der Waals surface area contributed by atoms with Crippen molar-refractivity contribution in [2.75, 3.05) is 19.6 Å². The first-order chi connectivity index (χ1) is 9.17.